The van der Waals surface area contributed by atoms with Crippen molar-refractivity contribution in [3.8, 4) is 0 Å². The first kappa shape index (κ1) is 17.8. The first-order chi connectivity index (χ1) is 11.3. The molecule has 0 spiro atoms. The number of nitrogens with zero attached hydrogens (tertiary/aromatic N) is 1. The number of carbonyl (C=O) groups excluding carboxylic acids is 2. The van der Waals surface area contributed by atoms with Gasteiger partial charge in [0.25, 0.3) is 5.91 Å². The van der Waals surface area contributed by atoms with E-state index in [0.717, 1.165) is 17.0 Å². The maximum Gasteiger partial charge on any atom is 0.340 e. The van der Waals surface area contributed by atoms with Gasteiger partial charge in [-0.2, -0.15) is 0 Å². The molecular weight excluding hydrogens is 304 g/mol. The van der Waals surface area contributed by atoms with Crippen LogP contribution in [0.1, 0.15) is 47.2 Å². The Hall–Kier alpha value is -2.56. The predicted octanol–water partition coefficient (Wildman–Crippen LogP) is 3.79. The highest BCUT2D eigenvalue weighted by Gasteiger charge is 2.19. The molecule has 0 saturated heterocycles. The van der Waals surface area contributed by atoms with Crippen LogP contribution in [-0.4, -0.2) is 23.1 Å². The Kier molecular flexibility index (Phi) is 5.44. The normalized spacial score (nSPS) is 10.8. The number of rotatable bonds is 5. The van der Waals surface area contributed by atoms with Gasteiger partial charge in [0.15, 0.2) is 6.61 Å². The molecule has 24 heavy (non-hydrogen) atoms. The monoisotopic (exact) mass is 328 g/mol. The first-order valence-corrected chi connectivity index (χ1v) is 8.01. The van der Waals surface area contributed by atoms with Crippen LogP contribution < -0.4 is 5.32 Å². The van der Waals surface area contributed by atoms with Gasteiger partial charge in [-0.3, -0.25) is 4.79 Å². The summed E-state index contributed by atoms with van der Waals surface area (Å²) in [7, 11) is 0. The quantitative estimate of drug-likeness (QED) is 0.850. The molecular formula is C19H24N2O3. The predicted molar refractivity (Wildman–Crippen MR) is 94.4 cm³/mol. The minimum atomic E-state index is -0.478. The second-order valence-electron chi connectivity index (χ2n) is 6.24. The zero-order chi connectivity index (χ0) is 17.9. The van der Waals surface area contributed by atoms with Crippen LogP contribution in [0.2, 0.25) is 0 Å². The molecule has 0 aliphatic carbocycles. The summed E-state index contributed by atoms with van der Waals surface area (Å²) in [5.41, 5.74) is 4.15. The summed E-state index contributed by atoms with van der Waals surface area (Å²) >= 11 is 0. The lowest BCUT2D eigenvalue weighted by Gasteiger charge is -2.13. The van der Waals surface area contributed by atoms with Crippen LogP contribution >= 0.6 is 0 Å². The first-order valence-electron chi connectivity index (χ1n) is 8.01. The van der Waals surface area contributed by atoms with Gasteiger partial charge in [0, 0.05) is 23.1 Å². The van der Waals surface area contributed by atoms with E-state index >= 15 is 0 Å². The van der Waals surface area contributed by atoms with Gasteiger partial charge in [-0.1, -0.05) is 17.7 Å². The Morgan fingerprint density at radius 1 is 1.12 bits per heavy atom. The van der Waals surface area contributed by atoms with Crippen LogP contribution in [0.5, 0.6) is 0 Å². The van der Waals surface area contributed by atoms with Gasteiger partial charge in [-0.15, -0.1) is 0 Å². The number of nitrogens with one attached hydrogen (secondary N) is 1. The van der Waals surface area contributed by atoms with Crippen molar-refractivity contribution in [1.82, 2.24) is 4.57 Å². The molecule has 0 unspecified atom stereocenters. The number of hydrogen-bond donors (Lipinski definition) is 1. The number of carbonyl (C=O) groups is 2. The largest absolute Gasteiger partial charge is 0.452 e. The molecule has 5 nitrogen and oxygen atoms in total. The van der Waals surface area contributed by atoms with E-state index in [1.54, 1.807) is 6.07 Å². The third-order valence-electron chi connectivity index (χ3n) is 3.89. The summed E-state index contributed by atoms with van der Waals surface area (Å²) in [4.78, 5) is 24.1. The molecule has 128 valence electrons. The molecule has 0 bridgehead atoms. The lowest BCUT2D eigenvalue weighted by Crippen LogP contribution is -2.21. The third-order valence-corrected chi connectivity index (χ3v) is 3.89. The molecule has 5 heteroatoms. The molecule has 0 saturated carbocycles. The highest BCUT2D eigenvalue weighted by molar-refractivity contribution is 5.96. The summed E-state index contributed by atoms with van der Waals surface area (Å²) in [6.45, 7) is 9.62. The van der Waals surface area contributed by atoms with Crippen molar-refractivity contribution in [3.63, 3.8) is 0 Å². The van der Waals surface area contributed by atoms with E-state index in [4.69, 9.17) is 4.74 Å². The van der Waals surface area contributed by atoms with Crippen LogP contribution in [0.4, 0.5) is 5.69 Å². The van der Waals surface area contributed by atoms with Crippen LogP contribution in [0, 0.1) is 20.8 Å². The molecule has 0 aliphatic heterocycles. The lowest BCUT2D eigenvalue weighted by atomic mass is 10.2. The molecule has 2 rings (SSSR count). The number of hydrogen-bond acceptors (Lipinski definition) is 3. The van der Waals surface area contributed by atoms with Gasteiger partial charge >= 0.3 is 5.97 Å². The Labute approximate surface area is 142 Å². The van der Waals surface area contributed by atoms with Gasteiger partial charge < -0.3 is 14.6 Å². The fourth-order valence-corrected chi connectivity index (χ4v) is 2.82. The van der Waals surface area contributed by atoms with Gasteiger partial charge in [-0.05, 0) is 52.8 Å². The Morgan fingerprint density at radius 2 is 1.75 bits per heavy atom. The van der Waals surface area contributed by atoms with Crippen molar-refractivity contribution in [2.24, 2.45) is 0 Å². The van der Waals surface area contributed by atoms with E-state index in [1.165, 1.54) is 0 Å². The standard InChI is InChI=1S/C19H24N2O3/c1-12(2)21-14(4)10-17(15(21)5)19(23)24-11-18(22)20-16-8-6-13(3)7-9-16/h6-10,12H,11H2,1-5H3,(H,20,22). The topological polar surface area (TPSA) is 60.3 Å². The van der Waals surface area contributed by atoms with E-state index in [0.29, 0.717) is 11.3 Å². The molecule has 0 radical (unpaired) electrons. The van der Waals surface area contributed by atoms with Crippen molar-refractivity contribution in [1.29, 1.82) is 0 Å². The molecule has 1 heterocycles. The Balaban J connectivity index is 1.97. The lowest BCUT2D eigenvalue weighted by molar-refractivity contribution is -0.119. The maximum absolute atomic E-state index is 12.2. The fraction of sp³-hybridized carbons (Fsp3) is 0.368. The van der Waals surface area contributed by atoms with Crippen molar-refractivity contribution in [2.45, 2.75) is 40.7 Å². The maximum atomic E-state index is 12.2. The number of aromatic nitrogens is 1. The Morgan fingerprint density at radius 3 is 2.29 bits per heavy atom. The van der Waals surface area contributed by atoms with Gasteiger partial charge in [0.1, 0.15) is 0 Å². The summed E-state index contributed by atoms with van der Waals surface area (Å²) in [6.07, 6.45) is 0. The molecule has 1 amide bonds. The zero-order valence-corrected chi connectivity index (χ0v) is 14.8. The highest BCUT2D eigenvalue weighted by atomic mass is 16.5. The van der Waals surface area contributed by atoms with Gasteiger partial charge in [0.05, 0.1) is 5.56 Å². The van der Waals surface area contributed by atoms with E-state index in [1.807, 2.05) is 45.0 Å². The van der Waals surface area contributed by atoms with Crippen LogP contribution in [0.3, 0.4) is 0 Å². The van der Waals surface area contributed by atoms with E-state index in [2.05, 4.69) is 23.7 Å². The number of esters is 1. The minimum absolute atomic E-state index is 0.261. The van der Waals surface area contributed by atoms with Crippen molar-refractivity contribution >= 4 is 17.6 Å². The third kappa shape index (κ3) is 4.04. The Bertz CT molecular complexity index is 743. The SMILES string of the molecule is Cc1ccc(NC(=O)COC(=O)c2cc(C)n(C(C)C)c2C)cc1. The second-order valence-corrected chi connectivity index (χ2v) is 6.24. The van der Waals surface area contributed by atoms with Gasteiger partial charge in [0.2, 0.25) is 0 Å². The van der Waals surface area contributed by atoms with Crippen molar-refractivity contribution in [2.75, 3.05) is 11.9 Å². The second kappa shape index (κ2) is 7.34. The van der Waals surface area contributed by atoms with Crippen LogP contribution in [-0.2, 0) is 9.53 Å². The molecule has 1 aromatic heterocycles. The molecule has 0 aliphatic rings. The average molecular weight is 328 g/mol. The summed E-state index contributed by atoms with van der Waals surface area (Å²) < 4.78 is 7.22. The molecule has 1 N–H and O–H groups in total. The summed E-state index contributed by atoms with van der Waals surface area (Å²) in [6, 6.07) is 9.49. The number of benzene rings is 1. The molecule has 1 aromatic carbocycles. The van der Waals surface area contributed by atoms with Crippen LogP contribution in [0.15, 0.2) is 30.3 Å². The molecule has 0 fully saturated rings. The number of ether oxygens (including phenoxy) is 1. The van der Waals surface area contributed by atoms with Gasteiger partial charge in [-0.25, -0.2) is 4.79 Å². The highest BCUT2D eigenvalue weighted by Crippen LogP contribution is 2.20. The number of anilines is 1. The van der Waals surface area contributed by atoms with Crippen molar-refractivity contribution < 1.29 is 14.3 Å². The summed E-state index contributed by atoms with van der Waals surface area (Å²) in [5.74, 6) is -0.834. The zero-order valence-electron chi connectivity index (χ0n) is 14.8. The van der Waals surface area contributed by atoms with Crippen molar-refractivity contribution in [3.05, 3.63) is 52.8 Å². The van der Waals surface area contributed by atoms with Crippen LogP contribution in [0.25, 0.3) is 0 Å². The number of aryl methyl sites for hydroxylation is 2. The average Bonchev–Trinajstić information content (AvgIpc) is 2.82. The molecule has 0 atom stereocenters. The minimum Gasteiger partial charge on any atom is -0.452 e. The molecule has 2 aromatic rings. The summed E-state index contributed by atoms with van der Waals surface area (Å²) in [5, 5.41) is 2.70. The number of amides is 1. The van der Waals surface area contributed by atoms with E-state index in [-0.39, 0.29) is 18.6 Å². The fourth-order valence-electron chi connectivity index (χ4n) is 2.82. The van der Waals surface area contributed by atoms with E-state index < -0.39 is 5.97 Å². The smallest absolute Gasteiger partial charge is 0.340 e. The van der Waals surface area contributed by atoms with E-state index in [9.17, 15) is 9.59 Å².